The number of hydrogen-bond acceptors (Lipinski definition) is 2. The fourth-order valence-corrected chi connectivity index (χ4v) is 4.36. The van der Waals surface area contributed by atoms with Crippen molar-refractivity contribution in [3.8, 4) is 0 Å². The molecule has 1 aliphatic carbocycles. The van der Waals surface area contributed by atoms with Gasteiger partial charge in [-0.3, -0.25) is 4.79 Å². The first-order valence-corrected chi connectivity index (χ1v) is 7.87. The zero-order valence-corrected chi connectivity index (χ0v) is 13.1. The highest BCUT2D eigenvalue weighted by molar-refractivity contribution is 6.01. The second-order valence-electron chi connectivity index (χ2n) is 6.66. The van der Waals surface area contributed by atoms with Crippen molar-refractivity contribution in [3.05, 3.63) is 33.9 Å². The summed E-state index contributed by atoms with van der Waals surface area (Å²) in [6, 6.07) is 2.31. The third-order valence-electron chi connectivity index (χ3n) is 5.40. The van der Waals surface area contributed by atoms with Gasteiger partial charge in [0.25, 0.3) is 0 Å². The summed E-state index contributed by atoms with van der Waals surface area (Å²) in [7, 11) is 2.20. The SMILES string of the molecule is CCc1c(C)cc2c(c1C)C(=O)C[C@H]1CCN(C)C[C@H]21. The van der Waals surface area contributed by atoms with Gasteiger partial charge in [-0.25, -0.2) is 0 Å². The lowest BCUT2D eigenvalue weighted by atomic mass is 9.69. The topological polar surface area (TPSA) is 20.3 Å². The Kier molecular flexibility index (Phi) is 3.45. The molecular weight excluding hydrogens is 246 g/mol. The van der Waals surface area contributed by atoms with Crippen LogP contribution in [0.1, 0.15) is 58.3 Å². The molecule has 1 fully saturated rings. The molecule has 1 aliphatic heterocycles. The second kappa shape index (κ2) is 5.00. The van der Waals surface area contributed by atoms with E-state index in [2.05, 4.69) is 38.8 Å². The summed E-state index contributed by atoms with van der Waals surface area (Å²) in [6.07, 6.45) is 2.95. The minimum Gasteiger partial charge on any atom is -0.306 e. The van der Waals surface area contributed by atoms with Crippen molar-refractivity contribution in [2.45, 2.75) is 46.0 Å². The van der Waals surface area contributed by atoms with Crippen molar-refractivity contribution in [1.29, 1.82) is 0 Å². The number of likely N-dealkylation sites (N-methyl/N-ethyl adjacent to an activating group) is 1. The molecule has 0 saturated carbocycles. The highest BCUT2D eigenvalue weighted by Crippen LogP contribution is 2.43. The Balaban J connectivity index is 2.15. The van der Waals surface area contributed by atoms with Gasteiger partial charge in [-0.2, -0.15) is 0 Å². The molecule has 0 aromatic heterocycles. The molecule has 0 amide bonds. The lowest BCUT2D eigenvalue weighted by Crippen LogP contribution is -2.40. The van der Waals surface area contributed by atoms with Gasteiger partial charge in [-0.05, 0) is 68.5 Å². The lowest BCUT2D eigenvalue weighted by Gasteiger charge is -2.41. The quantitative estimate of drug-likeness (QED) is 0.779. The number of fused-ring (bicyclic) bond motifs is 3. The molecule has 0 N–H and O–H groups in total. The number of ketones is 1. The molecule has 20 heavy (non-hydrogen) atoms. The first kappa shape index (κ1) is 13.8. The number of carbonyl (C=O) groups excluding carboxylic acids is 1. The van der Waals surface area contributed by atoms with Crippen molar-refractivity contribution in [1.82, 2.24) is 4.90 Å². The van der Waals surface area contributed by atoms with E-state index in [1.54, 1.807) is 0 Å². The van der Waals surface area contributed by atoms with Gasteiger partial charge in [0.2, 0.25) is 0 Å². The van der Waals surface area contributed by atoms with Crippen LogP contribution in [-0.4, -0.2) is 30.8 Å². The van der Waals surface area contributed by atoms with E-state index in [1.807, 2.05) is 0 Å². The summed E-state index contributed by atoms with van der Waals surface area (Å²) in [5.74, 6) is 1.51. The molecule has 1 heterocycles. The minimum atomic E-state index is 0.387. The molecule has 1 saturated heterocycles. The number of nitrogens with zero attached hydrogens (tertiary/aromatic N) is 1. The third kappa shape index (κ3) is 2.01. The monoisotopic (exact) mass is 271 g/mol. The van der Waals surface area contributed by atoms with Crippen LogP contribution in [0.15, 0.2) is 6.07 Å². The predicted molar refractivity (Wildman–Crippen MR) is 82.6 cm³/mol. The second-order valence-corrected chi connectivity index (χ2v) is 6.66. The van der Waals surface area contributed by atoms with Crippen LogP contribution < -0.4 is 0 Å². The maximum absolute atomic E-state index is 12.6. The molecule has 2 nitrogen and oxygen atoms in total. The largest absolute Gasteiger partial charge is 0.306 e. The van der Waals surface area contributed by atoms with E-state index in [-0.39, 0.29) is 0 Å². The molecular formula is C18H25NO. The van der Waals surface area contributed by atoms with Gasteiger partial charge >= 0.3 is 0 Å². The standard InChI is InChI=1S/C18H25NO/c1-5-14-11(2)8-15-16-10-19(4)7-6-13(16)9-17(20)18(15)12(14)3/h8,13,16H,5-7,9-10H2,1-4H3/t13-,16+/m1/s1. The highest BCUT2D eigenvalue weighted by Gasteiger charge is 2.38. The fraction of sp³-hybridized carbons (Fsp3) is 0.611. The number of rotatable bonds is 1. The number of likely N-dealkylation sites (tertiary alicyclic amines) is 1. The number of carbonyl (C=O) groups is 1. The van der Waals surface area contributed by atoms with Crippen molar-refractivity contribution in [3.63, 3.8) is 0 Å². The number of piperidine rings is 1. The van der Waals surface area contributed by atoms with Crippen molar-refractivity contribution < 1.29 is 4.79 Å². The summed E-state index contributed by atoms with van der Waals surface area (Å²) in [4.78, 5) is 15.0. The van der Waals surface area contributed by atoms with E-state index < -0.39 is 0 Å². The van der Waals surface area contributed by atoms with Crippen molar-refractivity contribution in [2.75, 3.05) is 20.1 Å². The molecule has 1 aromatic carbocycles. The number of Topliss-reactive ketones (excluding diaryl/α,β-unsaturated/α-hetero) is 1. The van der Waals surface area contributed by atoms with Gasteiger partial charge in [-0.1, -0.05) is 13.0 Å². The lowest BCUT2D eigenvalue weighted by molar-refractivity contribution is 0.0886. The first-order valence-electron chi connectivity index (χ1n) is 7.87. The zero-order valence-electron chi connectivity index (χ0n) is 13.1. The van der Waals surface area contributed by atoms with Crippen LogP contribution >= 0.6 is 0 Å². The van der Waals surface area contributed by atoms with Crippen LogP contribution in [0.5, 0.6) is 0 Å². The average Bonchev–Trinajstić information content (AvgIpc) is 2.39. The molecule has 2 heteroatoms. The molecule has 0 radical (unpaired) electrons. The van der Waals surface area contributed by atoms with Crippen molar-refractivity contribution >= 4 is 5.78 Å². The summed E-state index contributed by atoms with van der Waals surface area (Å²) < 4.78 is 0. The smallest absolute Gasteiger partial charge is 0.163 e. The van der Waals surface area contributed by atoms with Gasteiger partial charge < -0.3 is 4.90 Å². The van der Waals surface area contributed by atoms with Gasteiger partial charge in [0.15, 0.2) is 5.78 Å². The van der Waals surface area contributed by atoms with E-state index in [0.29, 0.717) is 17.6 Å². The molecule has 2 aliphatic rings. The fourth-order valence-electron chi connectivity index (χ4n) is 4.36. The Morgan fingerprint density at radius 1 is 1.35 bits per heavy atom. The Labute approximate surface area is 122 Å². The Bertz CT molecular complexity index is 561. The van der Waals surface area contributed by atoms with Gasteiger partial charge in [0.05, 0.1) is 0 Å². The number of hydrogen-bond donors (Lipinski definition) is 0. The van der Waals surface area contributed by atoms with Gasteiger partial charge in [0, 0.05) is 24.4 Å². The highest BCUT2D eigenvalue weighted by atomic mass is 16.1. The van der Waals surface area contributed by atoms with E-state index >= 15 is 0 Å². The third-order valence-corrected chi connectivity index (χ3v) is 5.40. The first-order chi connectivity index (χ1) is 9.52. The number of aryl methyl sites for hydroxylation is 1. The van der Waals surface area contributed by atoms with E-state index in [0.717, 1.165) is 31.5 Å². The van der Waals surface area contributed by atoms with Crippen LogP contribution in [0, 0.1) is 19.8 Å². The van der Waals surface area contributed by atoms with E-state index in [9.17, 15) is 4.79 Å². The summed E-state index contributed by atoms with van der Waals surface area (Å²) in [5.41, 5.74) is 6.39. The van der Waals surface area contributed by atoms with Gasteiger partial charge in [0.1, 0.15) is 0 Å². The van der Waals surface area contributed by atoms with Crippen LogP contribution in [0.3, 0.4) is 0 Å². The molecule has 1 aromatic rings. The molecule has 2 atom stereocenters. The minimum absolute atomic E-state index is 0.387. The van der Waals surface area contributed by atoms with Crippen LogP contribution in [0.4, 0.5) is 0 Å². The Morgan fingerprint density at radius 2 is 2.10 bits per heavy atom. The molecule has 108 valence electrons. The Hall–Kier alpha value is -1.15. The normalized spacial score (nSPS) is 26.3. The van der Waals surface area contributed by atoms with E-state index in [1.165, 1.54) is 28.7 Å². The van der Waals surface area contributed by atoms with Crippen LogP contribution in [-0.2, 0) is 6.42 Å². The maximum atomic E-state index is 12.6. The van der Waals surface area contributed by atoms with Crippen molar-refractivity contribution in [2.24, 2.45) is 5.92 Å². The van der Waals surface area contributed by atoms with E-state index in [4.69, 9.17) is 0 Å². The molecule has 0 bridgehead atoms. The molecule has 3 rings (SSSR count). The van der Waals surface area contributed by atoms with Crippen LogP contribution in [0.25, 0.3) is 0 Å². The molecule has 0 unspecified atom stereocenters. The summed E-state index contributed by atoms with van der Waals surface area (Å²) >= 11 is 0. The maximum Gasteiger partial charge on any atom is 0.163 e. The van der Waals surface area contributed by atoms with Gasteiger partial charge in [-0.15, -0.1) is 0 Å². The molecule has 0 spiro atoms. The Morgan fingerprint density at radius 3 is 2.80 bits per heavy atom. The average molecular weight is 271 g/mol. The van der Waals surface area contributed by atoms with Crippen LogP contribution in [0.2, 0.25) is 0 Å². The summed E-state index contributed by atoms with van der Waals surface area (Å²) in [6.45, 7) is 8.78. The summed E-state index contributed by atoms with van der Waals surface area (Å²) in [5, 5.41) is 0. The predicted octanol–water partition coefficient (Wildman–Crippen LogP) is 3.49. The number of benzene rings is 1. The zero-order chi connectivity index (χ0) is 14.4.